The number of amides is 1. The molecule has 1 saturated heterocycles. The Bertz CT molecular complexity index is 957. The molecule has 1 aliphatic rings. The van der Waals surface area contributed by atoms with Crippen LogP contribution in [0.5, 0.6) is 0 Å². The van der Waals surface area contributed by atoms with Gasteiger partial charge in [-0.1, -0.05) is 35.9 Å². The first-order valence-corrected chi connectivity index (χ1v) is 8.74. The molecule has 0 aliphatic carbocycles. The van der Waals surface area contributed by atoms with Crippen LogP contribution in [0.4, 0.5) is 11.5 Å². The number of rotatable bonds is 3. The topological polar surface area (TPSA) is 67.4 Å². The third-order valence-electron chi connectivity index (χ3n) is 4.34. The van der Waals surface area contributed by atoms with Crippen LogP contribution in [0.15, 0.2) is 48.8 Å². The predicted molar refractivity (Wildman–Crippen MR) is 102 cm³/mol. The van der Waals surface area contributed by atoms with Crippen LogP contribution < -0.4 is 10.2 Å². The second-order valence-corrected chi connectivity index (χ2v) is 6.29. The second-order valence-electron chi connectivity index (χ2n) is 5.94. The number of morpholine rings is 1. The average molecular weight is 369 g/mol. The van der Waals surface area contributed by atoms with Gasteiger partial charge in [0.25, 0.3) is 5.91 Å². The van der Waals surface area contributed by atoms with Crippen LogP contribution in [0, 0.1) is 0 Å². The van der Waals surface area contributed by atoms with Crippen LogP contribution in [0.3, 0.4) is 0 Å². The van der Waals surface area contributed by atoms with E-state index in [-0.39, 0.29) is 11.1 Å². The molecule has 26 heavy (non-hydrogen) atoms. The van der Waals surface area contributed by atoms with Crippen molar-refractivity contribution in [3.05, 3.63) is 59.5 Å². The summed E-state index contributed by atoms with van der Waals surface area (Å²) >= 11 is 6.04. The fourth-order valence-electron chi connectivity index (χ4n) is 3.05. The van der Waals surface area contributed by atoms with E-state index in [9.17, 15) is 4.79 Å². The van der Waals surface area contributed by atoms with E-state index in [0.29, 0.717) is 24.5 Å². The van der Waals surface area contributed by atoms with Crippen molar-refractivity contribution in [1.29, 1.82) is 0 Å². The number of nitrogens with one attached hydrogen (secondary N) is 1. The maximum atomic E-state index is 12.8. The number of carbonyl (C=O) groups is 1. The number of anilines is 2. The Morgan fingerprint density at radius 3 is 2.62 bits per heavy atom. The zero-order valence-corrected chi connectivity index (χ0v) is 14.7. The van der Waals surface area contributed by atoms with Crippen LogP contribution in [0.25, 0.3) is 10.8 Å². The third-order valence-corrected chi connectivity index (χ3v) is 4.64. The summed E-state index contributed by atoms with van der Waals surface area (Å²) < 4.78 is 5.42. The fourth-order valence-corrected chi connectivity index (χ4v) is 3.22. The fraction of sp³-hybridized carbons (Fsp3) is 0.211. The van der Waals surface area contributed by atoms with E-state index in [0.717, 1.165) is 29.7 Å². The molecular weight excluding hydrogens is 352 g/mol. The van der Waals surface area contributed by atoms with Crippen molar-refractivity contribution in [3.8, 4) is 0 Å². The molecule has 1 aromatic carbocycles. The summed E-state index contributed by atoms with van der Waals surface area (Å²) in [5.74, 6) is 0.608. The molecule has 6 nitrogen and oxygen atoms in total. The molecule has 7 heteroatoms. The summed E-state index contributed by atoms with van der Waals surface area (Å²) in [6.45, 7) is 2.93. The highest BCUT2D eigenvalue weighted by Crippen LogP contribution is 2.28. The van der Waals surface area contributed by atoms with Crippen LogP contribution in [0.1, 0.15) is 10.4 Å². The standard InChI is InChI=1S/C19H17ClN4O2/c20-17-16(6-3-7-21-17)23-19(25)15-12-22-18(24-8-10-26-11-9-24)14-5-2-1-4-13(14)15/h1-7,12H,8-11H2,(H,23,25). The first kappa shape index (κ1) is 16.8. The quantitative estimate of drug-likeness (QED) is 0.718. The number of fused-ring (bicyclic) bond motifs is 1. The summed E-state index contributed by atoms with van der Waals surface area (Å²) in [6.07, 6.45) is 3.19. The van der Waals surface area contributed by atoms with E-state index in [4.69, 9.17) is 16.3 Å². The zero-order valence-electron chi connectivity index (χ0n) is 14.0. The molecule has 1 aliphatic heterocycles. The lowest BCUT2D eigenvalue weighted by Crippen LogP contribution is -2.37. The van der Waals surface area contributed by atoms with E-state index >= 15 is 0 Å². The molecular formula is C19H17ClN4O2. The van der Waals surface area contributed by atoms with Gasteiger partial charge < -0.3 is 15.0 Å². The number of hydrogen-bond acceptors (Lipinski definition) is 5. The number of nitrogens with zero attached hydrogens (tertiary/aromatic N) is 3. The molecule has 2 aromatic heterocycles. The van der Waals surface area contributed by atoms with Crippen molar-refractivity contribution in [3.63, 3.8) is 0 Å². The maximum absolute atomic E-state index is 12.8. The van der Waals surface area contributed by atoms with Gasteiger partial charge in [-0.2, -0.15) is 0 Å². The summed E-state index contributed by atoms with van der Waals surface area (Å²) in [4.78, 5) is 23.5. The van der Waals surface area contributed by atoms with E-state index in [1.54, 1.807) is 24.5 Å². The maximum Gasteiger partial charge on any atom is 0.257 e. The molecule has 4 rings (SSSR count). The minimum absolute atomic E-state index is 0.253. The smallest absolute Gasteiger partial charge is 0.257 e. The third kappa shape index (κ3) is 3.21. The Labute approximate surface area is 155 Å². The second kappa shape index (κ2) is 7.27. The Kier molecular flexibility index (Phi) is 4.69. The number of aromatic nitrogens is 2. The first-order valence-electron chi connectivity index (χ1n) is 8.36. The highest BCUT2D eigenvalue weighted by atomic mass is 35.5. The van der Waals surface area contributed by atoms with Gasteiger partial charge in [0.1, 0.15) is 5.82 Å². The van der Waals surface area contributed by atoms with Gasteiger partial charge in [0, 0.05) is 30.9 Å². The number of hydrogen-bond donors (Lipinski definition) is 1. The van der Waals surface area contributed by atoms with Gasteiger partial charge in [-0.15, -0.1) is 0 Å². The van der Waals surface area contributed by atoms with Gasteiger partial charge in [0.2, 0.25) is 0 Å². The minimum Gasteiger partial charge on any atom is -0.378 e. The number of pyridine rings is 2. The monoisotopic (exact) mass is 368 g/mol. The van der Waals surface area contributed by atoms with Crippen molar-refractivity contribution < 1.29 is 9.53 Å². The van der Waals surface area contributed by atoms with Crippen LogP contribution >= 0.6 is 11.6 Å². The SMILES string of the molecule is O=C(Nc1cccnc1Cl)c1cnc(N2CCOCC2)c2ccccc12. The summed E-state index contributed by atoms with van der Waals surface area (Å²) in [7, 11) is 0. The highest BCUT2D eigenvalue weighted by Gasteiger charge is 2.19. The Morgan fingerprint density at radius 1 is 1.08 bits per heavy atom. The van der Waals surface area contributed by atoms with Gasteiger partial charge in [-0.3, -0.25) is 4.79 Å². The lowest BCUT2D eigenvalue weighted by molar-refractivity contribution is 0.102. The molecule has 1 fully saturated rings. The lowest BCUT2D eigenvalue weighted by atomic mass is 10.1. The van der Waals surface area contributed by atoms with E-state index in [2.05, 4.69) is 20.2 Å². The number of ether oxygens (including phenoxy) is 1. The molecule has 3 heterocycles. The zero-order chi connectivity index (χ0) is 17.9. The molecule has 132 valence electrons. The van der Waals surface area contributed by atoms with Crippen molar-refractivity contribution in [2.75, 3.05) is 36.5 Å². The first-order chi connectivity index (χ1) is 12.7. The molecule has 1 amide bonds. The Balaban J connectivity index is 1.72. The van der Waals surface area contributed by atoms with Gasteiger partial charge in [-0.05, 0) is 17.5 Å². The summed E-state index contributed by atoms with van der Waals surface area (Å²) in [5, 5.41) is 4.86. The van der Waals surface area contributed by atoms with E-state index < -0.39 is 0 Å². The normalized spacial score (nSPS) is 14.4. The molecule has 0 saturated carbocycles. The number of benzene rings is 1. The molecule has 0 atom stereocenters. The van der Waals surface area contributed by atoms with Gasteiger partial charge in [-0.25, -0.2) is 9.97 Å². The Morgan fingerprint density at radius 2 is 1.85 bits per heavy atom. The summed E-state index contributed by atoms with van der Waals surface area (Å²) in [6, 6.07) is 11.2. The minimum atomic E-state index is -0.267. The van der Waals surface area contributed by atoms with E-state index in [1.807, 2.05) is 24.3 Å². The molecule has 3 aromatic rings. The van der Waals surface area contributed by atoms with Crippen molar-refractivity contribution in [1.82, 2.24) is 9.97 Å². The number of carbonyl (C=O) groups excluding carboxylic acids is 1. The van der Waals surface area contributed by atoms with Crippen molar-refractivity contribution in [2.24, 2.45) is 0 Å². The van der Waals surface area contributed by atoms with Gasteiger partial charge in [0.05, 0.1) is 24.5 Å². The van der Waals surface area contributed by atoms with Crippen LogP contribution in [-0.2, 0) is 4.74 Å². The van der Waals surface area contributed by atoms with Crippen LogP contribution in [0.2, 0.25) is 5.15 Å². The molecule has 0 spiro atoms. The predicted octanol–water partition coefficient (Wildman–Crippen LogP) is 3.37. The average Bonchev–Trinajstić information content (AvgIpc) is 2.69. The molecule has 0 bridgehead atoms. The largest absolute Gasteiger partial charge is 0.378 e. The molecule has 0 unspecified atom stereocenters. The summed E-state index contributed by atoms with van der Waals surface area (Å²) in [5.41, 5.74) is 0.970. The Hall–Kier alpha value is -2.70. The molecule has 1 N–H and O–H groups in total. The van der Waals surface area contributed by atoms with Gasteiger partial charge in [0.15, 0.2) is 5.15 Å². The molecule has 0 radical (unpaired) electrons. The van der Waals surface area contributed by atoms with Gasteiger partial charge >= 0.3 is 0 Å². The van der Waals surface area contributed by atoms with Crippen LogP contribution in [-0.4, -0.2) is 42.2 Å². The highest BCUT2D eigenvalue weighted by molar-refractivity contribution is 6.32. The lowest BCUT2D eigenvalue weighted by Gasteiger charge is -2.29. The van der Waals surface area contributed by atoms with E-state index in [1.165, 1.54) is 0 Å². The van der Waals surface area contributed by atoms with Crippen molar-refractivity contribution >= 4 is 39.8 Å². The van der Waals surface area contributed by atoms with Crippen molar-refractivity contribution in [2.45, 2.75) is 0 Å². The number of halogens is 1.